The van der Waals surface area contributed by atoms with Crippen molar-refractivity contribution >= 4 is 80.2 Å². The fourth-order valence-electron chi connectivity index (χ4n) is 10.6. The van der Waals surface area contributed by atoms with Gasteiger partial charge in [0.05, 0.1) is 0 Å². The highest BCUT2D eigenvalue weighted by molar-refractivity contribution is 7.26. The van der Waals surface area contributed by atoms with E-state index in [9.17, 15) is 0 Å². The Balaban J connectivity index is 1.02. The molecule has 0 saturated heterocycles. The highest BCUT2D eigenvalue weighted by atomic mass is 32.1. The number of allylic oxidation sites excluding steroid dienone is 2. The van der Waals surface area contributed by atoms with Crippen LogP contribution in [0.4, 0.5) is 0 Å². The largest absolute Gasteiger partial charge is 0.484 e. The van der Waals surface area contributed by atoms with Gasteiger partial charge in [0.25, 0.3) is 0 Å². The molecule has 2 unspecified atom stereocenters. The van der Waals surface area contributed by atoms with Gasteiger partial charge in [0.15, 0.2) is 0 Å². The summed E-state index contributed by atoms with van der Waals surface area (Å²) in [5.41, 5.74) is 11.3. The molecule has 60 heavy (non-hydrogen) atoms. The normalized spacial score (nSPS) is 15.8. The van der Waals surface area contributed by atoms with Crippen LogP contribution in [0.15, 0.2) is 206 Å². The maximum Gasteiger partial charge on any atom is 0.135 e. The predicted molar refractivity (Wildman–Crippen MR) is 256 cm³/mol. The molecule has 0 N–H and O–H groups in total. The maximum absolute atomic E-state index is 7.24. The summed E-state index contributed by atoms with van der Waals surface area (Å²) in [6.07, 6.45) is 6.77. The third-order valence-electron chi connectivity index (χ3n) is 13.0. The van der Waals surface area contributed by atoms with E-state index in [-0.39, 0.29) is 12.0 Å². The Labute approximate surface area is 351 Å². The monoisotopic (exact) mass is 780 g/mol. The lowest BCUT2D eigenvalue weighted by Gasteiger charge is -2.27. The molecule has 280 valence electrons. The topological polar surface area (TPSA) is 9.23 Å². The van der Waals surface area contributed by atoms with E-state index in [0.717, 1.165) is 5.75 Å². The first-order chi connectivity index (χ1) is 29.8. The first-order valence-corrected chi connectivity index (χ1v) is 21.6. The predicted octanol–water partition coefficient (Wildman–Crippen LogP) is 16.2. The van der Waals surface area contributed by atoms with E-state index in [2.05, 4.69) is 206 Å². The van der Waals surface area contributed by atoms with Crippen molar-refractivity contribution in [2.24, 2.45) is 0 Å². The zero-order valence-electron chi connectivity index (χ0n) is 32.6. The van der Waals surface area contributed by atoms with Crippen LogP contribution < -0.4 is 4.74 Å². The molecule has 2 atom stereocenters. The minimum Gasteiger partial charge on any atom is -0.484 e. The Morgan fingerprint density at radius 1 is 0.383 bits per heavy atom. The molecule has 1 aliphatic heterocycles. The Morgan fingerprint density at radius 2 is 0.867 bits per heavy atom. The Morgan fingerprint density at radius 3 is 1.50 bits per heavy atom. The molecule has 1 nitrogen and oxygen atoms in total. The average molecular weight is 781 g/mol. The van der Waals surface area contributed by atoms with Gasteiger partial charge in [-0.3, -0.25) is 0 Å². The van der Waals surface area contributed by atoms with E-state index in [0.29, 0.717) is 0 Å². The summed E-state index contributed by atoms with van der Waals surface area (Å²) in [6.45, 7) is 0. The zero-order chi connectivity index (χ0) is 39.3. The molecule has 11 aromatic rings. The van der Waals surface area contributed by atoms with Crippen LogP contribution in [0.3, 0.4) is 0 Å². The fraction of sp³-hybridized carbons (Fsp3) is 0.0345. The number of hydrogen-bond donors (Lipinski definition) is 0. The summed E-state index contributed by atoms with van der Waals surface area (Å²) in [5, 5.41) is 12.7. The Bertz CT molecular complexity index is 3530. The van der Waals surface area contributed by atoms with Gasteiger partial charge in [0.1, 0.15) is 11.9 Å². The molecule has 0 spiro atoms. The van der Waals surface area contributed by atoms with Crippen molar-refractivity contribution in [3.05, 3.63) is 217 Å². The van der Waals surface area contributed by atoms with Crippen LogP contribution in [0, 0.1) is 0 Å². The van der Waals surface area contributed by atoms with Crippen LogP contribution in [-0.2, 0) is 0 Å². The van der Waals surface area contributed by atoms with Crippen molar-refractivity contribution in [1.82, 2.24) is 0 Å². The minimum atomic E-state index is -0.184. The molecule has 0 radical (unpaired) electrons. The van der Waals surface area contributed by atoms with E-state index in [1.54, 1.807) is 0 Å². The van der Waals surface area contributed by atoms with Crippen LogP contribution in [0.1, 0.15) is 17.0 Å². The van der Waals surface area contributed by atoms with Gasteiger partial charge in [0.2, 0.25) is 0 Å². The molecule has 0 saturated carbocycles. The van der Waals surface area contributed by atoms with Gasteiger partial charge in [-0.05, 0) is 88.6 Å². The number of rotatable bonds is 4. The second-order valence-electron chi connectivity index (χ2n) is 16.1. The van der Waals surface area contributed by atoms with Crippen molar-refractivity contribution in [2.75, 3.05) is 0 Å². The summed E-state index contributed by atoms with van der Waals surface area (Å²) in [7, 11) is 0. The maximum atomic E-state index is 7.24. The number of ether oxygens (including phenoxy) is 1. The van der Waals surface area contributed by atoms with E-state index < -0.39 is 0 Å². The molecule has 1 aliphatic carbocycles. The van der Waals surface area contributed by atoms with Crippen LogP contribution in [-0.4, -0.2) is 6.10 Å². The molecule has 0 bridgehead atoms. The lowest BCUT2D eigenvalue weighted by Crippen LogP contribution is -2.22. The van der Waals surface area contributed by atoms with Gasteiger partial charge in [-0.2, -0.15) is 0 Å². The number of benzene rings is 10. The third-order valence-corrected chi connectivity index (χ3v) is 14.3. The van der Waals surface area contributed by atoms with Gasteiger partial charge in [-0.15, -0.1) is 11.3 Å². The lowest BCUT2D eigenvalue weighted by atomic mass is 9.77. The van der Waals surface area contributed by atoms with E-state index >= 15 is 0 Å². The molecule has 0 amide bonds. The minimum absolute atomic E-state index is 0.0343. The molecule has 2 heteroatoms. The van der Waals surface area contributed by atoms with Gasteiger partial charge >= 0.3 is 0 Å². The van der Waals surface area contributed by atoms with E-state index in [1.165, 1.54) is 113 Å². The third kappa shape index (κ3) is 4.80. The average Bonchev–Trinajstić information content (AvgIpc) is 3.90. The number of fused-ring (bicyclic) bond motifs is 10. The van der Waals surface area contributed by atoms with Gasteiger partial charge in [-0.25, -0.2) is 0 Å². The highest BCUT2D eigenvalue weighted by Crippen LogP contribution is 2.55. The van der Waals surface area contributed by atoms with E-state index in [4.69, 9.17) is 4.74 Å². The molecule has 13 rings (SSSR count). The summed E-state index contributed by atoms with van der Waals surface area (Å²) < 4.78 is 9.90. The summed E-state index contributed by atoms with van der Waals surface area (Å²) in [6, 6.07) is 69.1. The smallest absolute Gasteiger partial charge is 0.135 e. The molecule has 0 fully saturated rings. The quantitative estimate of drug-likeness (QED) is 0.162. The lowest BCUT2D eigenvalue weighted by molar-refractivity contribution is 0.278. The molecule has 2 heterocycles. The van der Waals surface area contributed by atoms with E-state index in [1.807, 2.05) is 11.3 Å². The Kier molecular flexibility index (Phi) is 7.37. The van der Waals surface area contributed by atoms with Gasteiger partial charge in [-0.1, -0.05) is 194 Å². The van der Waals surface area contributed by atoms with Crippen molar-refractivity contribution in [1.29, 1.82) is 0 Å². The standard InChI is InChI=1S/C58H36OS/c1-2-17-35(18-3-1)52-37-20-4-6-22-39(37)53(40-23-7-5-21-38(40)52)46-29-16-33-50-56(46)48-31-15-30-47(57(48)59-50)54-41-24-8-10-26-43(41)55(44-27-11-9-25-42(44)54)49-32-14-28-45-36-19-12-13-34-51(36)60-58(45)49/h1-34,48,57H. The van der Waals surface area contributed by atoms with Gasteiger partial charge < -0.3 is 4.74 Å². The zero-order valence-corrected chi connectivity index (χ0v) is 33.4. The second kappa shape index (κ2) is 13.1. The first kappa shape index (κ1) is 33.7. The first-order valence-electron chi connectivity index (χ1n) is 20.8. The Hall–Kier alpha value is -7.26. The second-order valence-corrected chi connectivity index (χ2v) is 17.2. The van der Waals surface area contributed by atoms with Crippen LogP contribution in [0.2, 0.25) is 0 Å². The van der Waals surface area contributed by atoms with Crippen molar-refractivity contribution in [3.8, 4) is 39.1 Å². The number of hydrogen-bond acceptors (Lipinski definition) is 2. The van der Waals surface area contributed by atoms with Crippen LogP contribution >= 0.6 is 11.3 Å². The van der Waals surface area contributed by atoms with Crippen LogP contribution in [0.25, 0.3) is 102 Å². The number of thiophene rings is 1. The molecular weight excluding hydrogens is 745 g/mol. The summed E-state index contributed by atoms with van der Waals surface area (Å²) in [5.74, 6) is 0.994. The fourth-order valence-corrected chi connectivity index (χ4v) is 11.9. The van der Waals surface area contributed by atoms with Crippen molar-refractivity contribution in [3.63, 3.8) is 0 Å². The molecule has 1 aromatic heterocycles. The van der Waals surface area contributed by atoms with Crippen molar-refractivity contribution < 1.29 is 4.74 Å². The summed E-state index contributed by atoms with van der Waals surface area (Å²) in [4.78, 5) is 0. The molecular formula is C58H36OS. The molecule has 10 aromatic carbocycles. The summed E-state index contributed by atoms with van der Waals surface area (Å²) >= 11 is 1.90. The van der Waals surface area contributed by atoms with Crippen LogP contribution in [0.5, 0.6) is 5.75 Å². The highest BCUT2D eigenvalue weighted by Gasteiger charge is 2.40. The van der Waals surface area contributed by atoms with Gasteiger partial charge in [0, 0.05) is 42.8 Å². The molecule has 2 aliphatic rings. The van der Waals surface area contributed by atoms with Crippen molar-refractivity contribution in [2.45, 2.75) is 12.0 Å². The SMILES string of the molecule is C1=CC2c3c(cccc3-c3c4ccccc4c(-c4ccccc4)c4ccccc34)OC2C(c2c3ccccc3c(-c3cccc4c3sc3ccccc34)c3ccccc23)=C1.